The third kappa shape index (κ3) is 4.75. The Bertz CT molecular complexity index is 414. The van der Waals surface area contributed by atoms with Crippen molar-refractivity contribution in [3.05, 3.63) is 17.5 Å². The molecule has 0 amide bonds. The minimum absolute atomic E-state index is 0.225. The van der Waals surface area contributed by atoms with Crippen molar-refractivity contribution < 1.29 is 13.5 Å². The summed E-state index contributed by atoms with van der Waals surface area (Å²) in [5, 5.41) is 14.5. The van der Waals surface area contributed by atoms with Crippen LogP contribution < -0.4 is 5.32 Å². The molecule has 2 atom stereocenters. The average Bonchev–Trinajstić information content (AvgIpc) is 2.79. The molecular formula is C11H19NO3S2. The molecular weight excluding hydrogens is 258 g/mol. The Labute approximate surface area is 107 Å². The van der Waals surface area contributed by atoms with Gasteiger partial charge in [0.25, 0.3) is 0 Å². The number of thiophene rings is 1. The number of aliphatic hydroxyl groups is 1. The van der Waals surface area contributed by atoms with E-state index in [1.165, 1.54) is 11.3 Å². The highest BCUT2D eigenvalue weighted by molar-refractivity contribution is 7.93. The maximum atomic E-state index is 11.8. The fourth-order valence-electron chi connectivity index (χ4n) is 1.32. The lowest BCUT2D eigenvalue weighted by Crippen LogP contribution is -2.36. The molecule has 2 unspecified atom stereocenters. The largest absolute Gasteiger partial charge is 0.391 e. The van der Waals surface area contributed by atoms with E-state index in [9.17, 15) is 13.5 Å². The molecule has 0 saturated carbocycles. The minimum Gasteiger partial charge on any atom is -0.391 e. The van der Waals surface area contributed by atoms with E-state index in [1.54, 1.807) is 17.5 Å². The molecule has 0 saturated heterocycles. The van der Waals surface area contributed by atoms with Crippen LogP contribution in [0.1, 0.15) is 20.3 Å². The van der Waals surface area contributed by atoms with Crippen LogP contribution in [0, 0.1) is 0 Å². The van der Waals surface area contributed by atoms with Crippen LogP contribution in [0.15, 0.2) is 21.7 Å². The molecule has 1 aromatic heterocycles. The van der Waals surface area contributed by atoms with E-state index in [0.717, 1.165) is 6.42 Å². The molecule has 0 spiro atoms. The van der Waals surface area contributed by atoms with Gasteiger partial charge in [-0.25, -0.2) is 8.42 Å². The number of aliphatic hydroxyl groups excluding tert-OH is 1. The normalized spacial score (nSPS) is 15.7. The highest BCUT2D eigenvalue weighted by Gasteiger charge is 2.20. The second-order valence-corrected chi connectivity index (χ2v) is 7.29. The Morgan fingerprint density at radius 1 is 1.53 bits per heavy atom. The highest BCUT2D eigenvalue weighted by atomic mass is 32.2. The second kappa shape index (κ2) is 6.49. The quantitative estimate of drug-likeness (QED) is 0.788. The molecule has 0 bridgehead atoms. The van der Waals surface area contributed by atoms with Crippen molar-refractivity contribution in [2.75, 3.05) is 12.3 Å². The molecule has 1 heterocycles. The predicted octanol–water partition coefficient (Wildman–Crippen LogP) is 1.27. The zero-order chi connectivity index (χ0) is 12.9. The van der Waals surface area contributed by atoms with Crippen molar-refractivity contribution in [2.24, 2.45) is 0 Å². The summed E-state index contributed by atoms with van der Waals surface area (Å²) >= 11 is 1.18. The molecule has 6 heteroatoms. The summed E-state index contributed by atoms with van der Waals surface area (Å²) in [6.45, 7) is 4.34. The summed E-state index contributed by atoms with van der Waals surface area (Å²) in [5.74, 6) is -0.225. The molecule has 0 aliphatic heterocycles. The second-order valence-electron chi connectivity index (χ2n) is 4.08. The number of rotatable bonds is 7. The van der Waals surface area contributed by atoms with Gasteiger partial charge in [-0.1, -0.05) is 13.0 Å². The van der Waals surface area contributed by atoms with Crippen molar-refractivity contribution in [3.63, 3.8) is 0 Å². The molecule has 0 aliphatic carbocycles. The number of sulfone groups is 1. The van der Waals surface area contributed by atoms with E-state index in [4.69, 9.17) is 0 Å². The van der Waals surface area contributed by atoms with Crippen molar-refractivity contribution in [3.8, 4) is 0 Å². The fraction of sp³-hybridized carbons (Fsp3) is 0.636. The molecule has 17 heavy (non-hydrogen) atoms. The third-order valence-electron chi connectivity index (χ3n) is 2.53. The van der Waals surface area contributed by atoms with Gasteiger partial charge in [-0.05, 0) is 24.8 Å². The van der Waals surface area contributed by atoms with Crippen LogP contribution in [0.2, 0.25) is 0 Å². The van der Waals surface area contributed by atoms with Crippen molar-refractivity contribution >= 4 is 21.2 Å². The van der Waals surface area contributed by atoms with Crippen LogP contribution in [0.3, 0.4) is 0 Å². The first-order valence-electron chi connectivity index (χ1n) is 5.63. The van der Waals surface area contributed by atoms with Crippen molar-refractivity contribution in [1.29, 1.82) is 0 Å². The molecule has 1 rings (SSSR count). The topological polar surface area (TPSA) is 66.4 Å². The summed E-state index contributed by atoms with van der Waals surface area (Å²) in [4.78, 5) is 0. The summed E-state index contributed by atoms with van der Waals surface area (Å²) < 4.78 is 24.0. The first-order chi connectivity index (χ1) is 7.95. The van der Waals surface area contributed by atoms with Gasteiger partial charge in [0.2, 0.25) is 0 Å². The standard InChI is InChI=1S/C11H19NO3S2/c1-3-9(2)12-7-10(13)8-17(14,15)11-5-4-6-16-11/h4-6,9-10,12-13H,3,7-8H2,1-2H3. The number of hydrogen-bond donors (Lipinski definition) is 2. The van der Waals surface area contributed by atoms with Gasteiger partial charge < -0.3 is 10.4 Å². The smallest absolute Gasteiger partial charge is 0.190 e. The molecule has 0 aliphatic rings. The van der Waals surface area contributed by atoms with Crippen LogP contribution in [-0.4, -0.2) is 38.0 Å². The zero-order valence-corrected chi connectivity index (χ0v) is 11.7. The molecule has 4 nitrogen and oxygen atoms in total. The van der Waals surface area contributed by atoms with Gasteiger partial charge in [0.1, 0.15) is 4.21 Å². The Hall–Kier alpha value is -0.430. The highest BCUT2D eigenvalue weighted by Crippen LogP contribution is 2.17. The van der Waals surface area contributed by atoms with E-state index < -0.39 is 15.9 Å². The first-order valence-corrected chi connectivity index (χ1v) is 8.16. The molecule has 0 aromatic carbocycles. The van der Waals surface area contributed by atoms with Gasteiger partial charge in [-0.2, -0.15) is 0 Å². The summed E-state index contributed by atoms with van der Waals surface area (Å²) in [6.07, 6.45) is 0.0841. The number of hydrogen-bond acceptors (Lipinski definition) is 5. The lowest BCUT2D eigenvalue weighted by Gasteiger charge is -2.15. The maximum absolute atomic E-state index is 11.8. The molecule has 1 aromatic rings. The lowest BCUT2D eigenvalue weighted by atomic mass is 10.2. The molecule has 98 valence electrons. The van der Waals surface area contributed by atoms with Crippen LogP contribution in [0.5, 0.6) is 0 Å². The van der Waals surface area contributed by atoms with Gasteiger partial charge in [0.05, 0.1) is 11.9 Å². The van der Waals surface area contributed by atoms with Gasteiger partial charge in [0, 0.05) is 12.6 Å². The third-order valence-corrected chi connectivity index (χ3v) is 5.81. The zero-order valence-electron chi connectivity index (χ0n) is 10.1. The van der Waals surface area contributed by atoms with Crippen LogP contribution >= 0.6 is 11.3 Å². The van der Waals surface area contributed by atoms with Gasteiger partial charge in [-0.15, -0.1) is 11.3 Å². The summed E-state index contributed by atoms with van der Waals surface area (Å²) in [7, 11) is -3.34. The molecule has 2 N–H and O–H groups in total. The van der Waals surface area contributed by atoms with Crippen LogP contribution in [0.25, 0.3) is 0 Å². The van der Waals surface area contributed by atoms with E-state index >= 15 is 0 Å². The summed E-state index contributed by atoms with van der Waals surface area (Å²) in [5.41, 5.74) is 0. The Morgan fingerprint density at radius 2 is 2.24 bits per heavy atom. The van der Waals surface area contributed by atoms with Gasteiger partial charge >= 0.3 is 0 Å². The van der Waals surface area contributed by atoms with Crippen LogP contribution in [-0.2, 0) is 9.84 Å². The average molecular weight is 277 g/mol. The van der Waals surface area contributed by atoms with Gasteiger partial charge in [-0.3, -0.25) is 0 Å². The van der Waals surface area contributed by atoms with Crippen molar-refractivity contribution in [1.82, 2.24) is 5.32 Å². The fourth-order valence-corrected chi connectivity index (χ4v) is 3.80. The van der Waals surface area contributed by atoms with E-state index in [2.05, 4.69) is 5.32 Å². The van der Waals surface area contributed by atoms with Crippen molar-refractivity contribution in [2.45, 2.75) is 36.6 Å². The summed E-state index contributed by atoms with van der Waals surface area (Å²) in [6, 6.07) is 3.55. The minimum atomic E-state index is -3.34. The van der Waals surface area contributed by atoms with E-state index in [-0.39, 0.29) is 11.8 Å². The van der Waals surface area contributed by atoms with Gasteiger partial charge in [0.15, 0.2) is 9.84 Å². The molecule has 0 radical (unpaired) electrons. The Balaban J connectivity index is 2.48. The Kier molecular flexibility index (Phi) is 5.58. The number of nitrogens with one attached hydrogen (secondary N) is 1. The SMILES string of the molecule is CCC(C)NCC(O)CS(=O)(=O)c1cccs1. The van der Waals surface area contributed by atoms with E-state index in [1.807, 2.05) is 13.8 Å². The molecule has 0 fully saturated rings. The maximum Gasteiger partial charge on any atom is 0.190 e. The van der Waals surface area contributed by atoms with E-state index in [0.29, 0.717) is 10.8 Å². The lowest BCUT2D eigenvalue weighted by molar-refractivity contribution is 0.189. The first kappa shape index (κ1) is 14.6. The monoisotopic (exact) mass is 277 g/mol. The predicted molar refractivity (Wildman–Crippen MR) is 70.1 cm³/mol. The van der Waals surface area contributed by atoms with Crippen LogP contribution in [0.4, 0.5) is 0 Å². The Morgan fingerprint density at radius 3 is 2.76 bits per heavy atom.